The number of aromatic nitrogens is 1. The highest BCUT2D eigenvalue weighted by atomic mass is 16.6. The topological polar surface area (TPSA) is 56.0 Å². The molecule has 0 bridgehead atoms. The fourth-order valence-corrected chi connectivity index (χ4v) is 1.07. The lowest BCUT2D eigenvalue weighted by atomic mass is 9.90. The molecule has 1 aromatic heterocycles. The lowest BCUT2D eigenvalue weighted by molar-refractivity contribution is -0.386. The van der Waals surface area contributed by atoms with Gasteiger partial charge in [0.1, 0.15) is 5.69 Å². The van der Waals surface area contributed by atoms with Crippen LogP contribution < -0.4 is 0 Å². The fourth-order valence-electron chi connectivity index (χ4n) is 1.07. The van der Waals surface area contributed by atoms with Crippen LogP contribution in [0, 0.1) is 17.0 Å². The molecule has 0 aromatic carbocycles. The van der Waals surface area contributed by atoms with Gasteiger partial charge in [0.2, 0.25) is 0 Å². The summed E-state index contributed by atoms with van der Waals surface area (Å²) in [7, 11) is 0. The van der Waals surface area contributed by atoms with Gasteiger partial charge in [0.25, 0.3) is 5.69 Å². The number of hydrogen-bond donors (Lipinski definition) is 0. The lowest BCUT2D eigenvalue weighted by Gasteiger charge is -2.16. The summed E-state index contributed by atoms with van der Waals surface area (Å²) in [6, 6.07) is 2.99. The zero-order valence-electron chi connectivity index (χ0n) is 7.65. The molecule has 0 unspecified atom stereocenters. The summed E-state index contributed by atoms with van der Waals surface area (Å²) in [4.78, 5) is 14.1. The van der Waals surface area contributed by atoms with Crippen molar-refractivity contribution in [3.63, 3.8) is 0 Å². The first-order chi connectivity index (χ1) is 5.93. The SMILES string of the molecule is [CH2]C(C)(C)c1ncccc1[N+](=O)[O-]. The van der Waals surface area contributed by atoms with Crippen LogP contribution in [-0.2, 0) is 5.41 Å². The smallest absolute Gasteiger partial charge is 0.258 e. The second-order valence-electron chi connectivity index (χ2n) is 3.51. The summed E-state index contributed by atoms with van der Waals surface area (Å²) < 4.78 is 0. The Labute approximate surface area is 76.8 Å². The number of pyridine rings is 1. The van der Waals surface area contributed by atoms with Crippen molar-refractivity contribution in [2.45, 2.75) is 19.3 Å². The molecule has 4 heteroatoms. The minimum absolute atomic E-state index is 0.0301. The van der Waals surface area contributed by atoms with Crippen molar-refractivity contribution >= 4 is 5.69 Å². The maximum absolute atomic E-state index is 10.6. The molecule has 0 aliphatic carbocycles. The molecule has 0 spiro atoms. The first-order valence-corrected chi connectivity index (χ1v) is 3.88. The largest absolute Gasteiger partial charge is 0.291 e. The number of hydrogen-bond acceptors (Lipinski definition) is 3. The van der Waals surface area contributed by atoms with Gasteiger partial charge in [0.15, 0.2) is 0 Å². The molecule has 0 amide bonds. The molecule has 1 radical (unpaired) electrons. The standard InChI is InChI=1S/C9H11N2O2/c1-9(2,3)8-7(11(12)13)5-4-6-10-8/h4-6H,1H2,2-3H3. The molecule has 0 fully saturated rings. The van der Waals surface area contributed by atoms with Gasteiger partial charge in [-0.15, -0.1) is 0 Å². The molecule has 0 aliphatic heterocycles. The van der Waals surface area contributed by atoms with Gasteiger partial charge in [-0.1, -0.05) is 13.8 Å². The minimum Gasteiger partial charge on any atom is -0.258 e. The highest BCUT2D eigenvalue weighted by Crippen LogP contribution is 2.27. The summed E-state index contributed by atoms with van der Waals surface area (Å²) in [5.74, 6) is 0. The highest BCUT2D eigenvalue weighted by Gasteiger charge is 2.25. The van der Waals surface area contributed by atoms with Gasteiger partial charge in [-0.25, -0.2) is 0 Å². The average Bonchev–Trinajstić information content (AvgIpc) is 2.03. The minimum atomic E-state index is -0.538. The Morgan fingerprint density at radius 2 is 2.23 bits per heavy atom. The molecule has 0 atom stereocenters. The van der Waals surface area contributed by atoms with Crippen LogP contribution in [0.4, 0.5) is 5.69 Å². The van der Waals surface area contributed by atoms with Crippen LogP contribution >= 0.6 is 0 Å². The summed E-state index contributed by atoms with van der Waals surface area (Å²) >= 11 is 0. The first-order valence-electron chi connectivity index (χ1n) is 3.88. The molecule has 0 aliphatic rings. The van der Waals surface area contributed by atoms with Gasteiger partial charge in [-0.3, -0.25) is 15.1 Å². The summed E-state index contributed by atoms with van der Waals surface area (Å²) in [6.45, 7) is 7.40. The van der Waals surface area contributed by atoms with Crippen LogP contribution in [0.15, 0.2) is 18.3 Å². The van der Waals surface area contributed by atoms with Crippen LogP contribution in [0.5, 0.6) is 0 Å². The van der Waals surface area contributed by atoms with E-state index < -0.39 is 10.3 Å². The summed E-state index contributed by atoms with van der Waals surface area (Å²) in [5, 5.41) is 10.6. The Balaban J connectivity index is 3.28. The van der Waals surface area contributed by atoms with E-state index in [1.807, 2.05) is 0 Å². The fraction of sp³-hybridized carbons (Fsp3) is 0.333. The van der Waals surface area contributed by atoms with E-state index in [0.29, 0.717) is 5.69 Å². The Hall–Kier alpha value is -1.45. The van der Waals surface area contributed by atoms with Gasteiger partial charge in [-0.2, -0.15) is 0 Å². The van der Waals surface area contributed by atoms with Crippen molar-refractivity contribution in [2.75, 3.05) is 0 Å². The molecule has 1 aromatic rings. The highest BCUT2D eigenvalue weighted by molar-refractivity contribution is 5.39. The van der Waals surface area contributed by atoms with E-state index in [2.05, 4.69) is 11.9 Å². The molecule has 1 rings (SSSR count). The Morgan fingerprint density at radius 1 is 1.62 bits per heavy atom. The van der Waals surface area contributed by atoms with Crippen LogP contribution in [-0.4, -0.2) is 9.91 Å². The summed E-state index contributed by atoms with van der Waals surface area (Å²) in [5.41, 5.74) is -0.0913. The van der Waals surface area contributed by atoms with Gasteiger partial charge < -0.3 is 0 Å². The second kappa shape index (κ2) is 3.12. The molecule has 0 saturated carbocycles. The Kier molecular flexibility index (Phi) is 2.32. The van der Waals surface area contributed by atoms with Crippen molar-refractivity contribution in [3.05, 3.63) is 41.1 Å². The van der Waals surface area contributed by atoms with Gasteiger partial charge in [-0.05, 0) is 13.0 Å². The van der Waals surface area contributed by atoms with Crippen LogP contribution in [0.1, 0.15) is 19.5 Å². The van der Waals surface area contributed by atoms with Crippen molar-refractivity contribution in [1.29, 1.82) is 0 Å². The van der Waals surface area contributed by atoms with Gasteiger partial charge in [0.05, 0.1) is 4.92 Å². The number of nitro groups is 1. The van der Waals surface area contributed by atoms with Crippen LogP contribution in [0.3, 0.4) is 0 Å². The summed E-state index contributed by atoms with van der Waals surface area (Å²) in [6.07, 6.45) is 1.54. The zero-order valence-corrected chi connectivity index (χ0v) is 7.65. The van der Waals surface area contributed by atoms with E-state index in [0.717, 1.165) is 0 Å². The molecule has 4 nitrogen and oxygen atoms in total. The third-order valence-electron chi connectivity index (χ3n) is 1.62. The van der Waals surface area contributed by atoms with Crippen molar-refractivity contribution in [2.24, 2.45) is 0 Å². The third kappa shape index (κ3) is 2.02. The lowest BCUT2D eigenvalue weighted by Crippen LogP contribution is -2.16. The zero-order chi connectivity index (χ0) is 10.1. The van der Waals surface area contributed by atoms with E-state index in [1.54, 1.807) is 19.9 Å². The van der Waals surface area contributed by atoms with Crippen molar-refractivity contribution < 1.29 is 4.92 Å². The van der Waals surface area contributed by atoms with E-state index in [4.69, 9.17) is 0 Å². The van der Waals surface area contributed by atoms with E-state index in [-0.39, 0.29) is 5.69 Å². The molecule has 1 heterocycles. The Morgan fingerprint density at radius 3 is 2.62 bits per heavy atom. The van der Waals surface area contributed by atoms with Gasteiger partial charge in [0, 0.05) is 17.7 Å². The maximum atomic E-state index is 10.6. The predicted octanol–water partition coefficient (Wildman–Crippen LogP) is 2.10. The third-order valence-corrected chi connectivity index (χ3v) is 1.62. The van der Waals surface area contributed by atoms with E-state index in [1.165, 1.54) is 12.3 Å². The van der Waals surface area contributed by atoms with Crippen LogP contribution in [0.2, 0.25) is 0 Å². The van der Waals surface area contributed by atoms with Crippen molar-refractivity contribution in [1.82, 2.24) is 4.98 Å². The maximum Gasteiger partial charge on any atom is 0.291 e. The first kappa shape index (κ1) is 9.64. The van der Waals surface area contributed by atoms with Crippen LogP contribution in [0.25, 0.3) is 0 Å². The molecule has 13 heavy (non-hydrogen) atoms. The molecule has 0 saturated heterocycles. The quantitative estimate of drug-likeness (QED) is 0.516. The van der Waals surface area contributed by atoms with E-state index >= 15 is 0 Å². The van der Waals surface area contributed by atoms with Gasteiger partial charge >= 0.3 is 0 Å². The predicted molar refractivity (Wildman–Crippen MR) is 49.3 cm³/mol. The molecular formula is C9H11N2O2. The molecule has 0 N–H and O–H groups in total. The monoisotopic (exact) mass is 179 g/mol. The van der Waals surface area contributed by atoms with Crippen molar-refractivity contribution in [3.8, 4) is 0 Å². The normalized spacial score (nSPS) is 11.3. The number of rotatable bonds is 2. The molecule has 69 valence electrons. The second-order valence-corrected chi connectivity index (χ2v) is 3.51. The molecular weight excluding hydrogens is 168 g/mol. The Bertz CT molecular complexity index is 329. The number of nitrogens with zero attached hydrogens (tertiary/aromatic N) is 2. The average molecular weight is 179 g/mol. The van der Waals surface area contributed by atoms with E-state index in [9.17, 15) is 10.1 Å².